The van der Waals surface area contributed by atoms with Crippen LogP contribution in [-0.2, 0) is 21.2 Å². The number of nitrogens with zero attached hydrogens (tertiary/aromatic N) is 3. The first-order chi connectivity index (χ1) is 16.2. The van der Waals surface area contributed by atoms with Crippen LogP contribution in [0.15, 0.2) is 77.9 Å². The lowest BCUT2D eigenvalue weighted by Crippen LogP contribution is -2.44. The molecule has 0 fully saturated rings. The predicted molar refractivity (Wildman–Crippen MR) is 134 cm³/mol. The van der Waals surface area contributed by atoms with Gasteiger partial charge in [-0.2, -0.15) is 10.4 Å². The van der Waals surface area contributed by atoms with Crippen molar-refractivity contribution < 1.29 is 13.2 Å². The Morgan fingerprint density at radius 1 is 1.15 bits per heavy atom. The average molecular weight is 476 g/mol. The first-order valence-corrected chi connectivity index (χ1v) is 12.2. The molecule has 3 aromatic carbocycles. The number of hydrogen-bond donors (Lipinski definition) is 2. The third kappa shape index (κ3) is 5.99. The highest BCUT2D eigenvalue weighted by Crippen LogP contribution is 2.25. The number of nitriles is 1. The smallest absolute Gasteiger partial charge is 0.258 e. The van der Waals surface area contributed by atoms with E-state index >= 15 is 0 Å². The number of hydrogen-bond acceptors (Lipinski definition) is 7. The molecule has 0 aliphatic heterocycles. The van der Waals surface area contributed by atoms with E-state index in [0.717, 1.165) is 32.8 Å². The van der Waals surface area contributed by atoms with E-state index in [0.29, 0.717) is 11.3 Å². The highest BCUT2D eigenvalue weighted by molar-refractivity contribution is 7.88. The minimum atomic E-state index is -3.72. The van der Waals surface area contributed by atoms with Crippen molar-refractivity contribution >= 4 is 27.8 Å². The van der Waals surface area contributed by atoms with Crippen molar-refractivity contribution in [1.82, 2.24) is 4.31 Å². The average Bonchev–Trinajstić information content (AvgIpc) is 2.83. The Morgan fingerprint density at radius 2 is 1.85 bits per heavy atom. The van der Waals surface area contributed by atoms with Crippen LogP contribution in [-0.4, -0.2) is 44.2 Å². The largest absolute Gasteiger partial charge is 0.373 e. The van der Waals surface area contributed by atoms with E-state index in [2.05, 4.69) is 16.5 Å². The van der Waals surface area contributed by atoms with Gasteiger partial charge in [0.25, 0.3) is 5.91 Å². The fraction of sp³-hybridized carbons (Fsp3) is 0.160. The molecule has 0 aromatic heterocycles. The summed E-state index contributed by atoms with van der Waals surface area (Å²) in [4.78, 5) is 13.1. The molecule has 0 aliphatic carbocycles. The number of carbonyl (C=O) groups is 1. The Labute approximate surface area is 199 Å². The van der Waals surface area contributed by atoms with Gasteiger partial charge in [0.1, 0.15) is 6.04 Å². The second kappa shape index (κ2) is 10.6. The molecule has 3 aromatic rings. The van der Waals surface area contributed by atoms with E-state index in [1.54, 1.807) is 24.3 Å². The third-order valence-corrected chi connectivity index (χ3v) is 6.48. The zero-order chi connectivity index (χ0) is 24.7. The van der Waals surface area contributed by atoms with Crippen LogP contribution >= 0.6 is 0 Å². The maximum Gasteiger partial charge on any atom is 0.258 e. The van der Waals surface area contributed by atoms with Gasteiger partial charge in [-0.15, -0.1) is 0 Å². The second-order valence-electron chi connectivity index (χ2n) is 7.73. The molecule has 0 bridgehead atoms. The van der Waals surface area contributed by atoms with Crippen molar-refractivity contribution in [3.05, 3.63) is 89.5 Å². The molecule has 34 heavy (non-hydrogen) atoms. The summed E-state index contributed by atoms with van der Waals surface area (Å²) in [7, 11) is -2.48. The lowest BCUT2D eigenvalue weighted by molar-refractivity contribution is -0.126. The number of anilines is 1. The molecule has 9 heteroatoms. The van der Waals surface area contributed by atoms with Crippen LogP contribution in [0.1, 0.15) is 16.7 Å². The Morgan fingerprint density at radius 3 is 2.50 bits per heavy atom. The van der Waals surface area contributed by atoms with E-state index in [1.807, 2.05) is 48.5 Å². The van der Waals surface area contributed by atoms with E-state index in [-0.39, 0.29) is 6.42 Å². The molecule has 174 valence electrons. The van der Waals surface area contributed by atoms with Gasteiger partial charge in [0.05, 0.1) is 24.1 Å². The Bertz CT molecular complexity index is 1350. The minimum Gasteiger partial charge on any atom is -0.373 e. The maximum atomic E-state index is 13.1. The lowest BCUT2D eigenvalue weighted by Gasteiger charge is -2.24. The fourth-order valence-electron chi connectivity index (χ4n) is 3.48. The molecule has 8 nitrogen and oxygen atoms in total. The summed E-state index contributed by atoms with van der Waals surface area (Å²) >= 11 is 0. The summed E-state index contributed by atoms with van der Waals surface area (Å²) in [5, 5.41) is 16.0. The number of carbonyl (C=O) groups excluding carboxylic acids is 1. The zero-order valence-electron chi connectivity index (χ0n) is 18.8. The highest BCUT2D eigenvalue weighted by atomic mass is 32.2. The molecule has 0 radical (unpaired) electrons. The first-order valence-electron chi connectivity index (χ1n) is 10.4. The van der Waals surface area contributed by atoms with Gasteiger partial charge in [-0.25, -0.2) is 12.7 Å². The maximum absolute atomic E-state index is 13.1. The number of sulfonamides is 1. The minimum absolute atomic E-state index is 0.240. The Balaban J connectivity index is 1.90. The van der Waals surface area contributed by atoms with Crippen LogP contribution in [0.5, 0.6) is 0 Å². The van der Waals surface area contributed by atoms with Gasteiger partial charge in [0, 0.05) is 19.2 Å². The second-order valence-corrected chi connectivity index (χ2v) is 9.74. The number of nitrogens with one attached hydrogen (secondary N) is 1. The SMILES string of the molecule is CN(C(=O)[C@H](Cc1cccc(C=NN)c1)Nc1ccc(-c2ccccc2C#N)cc1)S(C)(=O)=O. The monoisotopic (exact) mass is 475 g/mol. The van der Waals surface area contributed by atoms with Crippen LogP contribution in [0.25, 0.3) is 11.1 Å². The normalized spacial score (nSPS) is 12.1. The summed E-state index contributed by atoms with van der Waals surface area (Å²) in [6.07, 6.45) is 2.72. The summed E-state index contributed by atoms with van der Waals surface area (Å²) in [5.41, 5.74) is 4.44. The number of likely N-dealkylation sites (N-methyl/N-ethyl adjacent to an activating group) is 1. The molecule has 0 heterocycles. The van der Waals surface area contributed by atoms with Gasteiger partial charge in [-0.3, -0.25) is 4.79 Å². The lowest BCUT2D eigenvalue weighted by atomic mass is 9.99. The van der Waals surface area contributed by atoms with Crippen molar-refractivity contribution in [1.29, 1.82) is 5.26 Å². The van der Waals surface area contributed by atoms with Crippen LogP contribution in [0.2, 0.25) is 0 Å². The van der Waals surface area contributed by atoms with Crippen molar-refractivity contribution in [2.75, 3.05) is 18.6 Å². The van der Waals surface area contributed by atoms with Gasteiger partial charge < -0.3 is 11.2 Å². The topological polar surface area (TPSA) is 129 Å². The number of nitrogens with two attached hydrogens (primary N) is 1. The van der Waals surface area contributed by atoms with Crippen molar-refractivity contribution in [2.24, 2.45) is 10.9 Å². The van der Waals surface area contributed by atoms with E-state index in [4.69, 9.17) is 5.84 Å². The molecule has 0 saturated heterocycles. The number of hydrazone groups is 1. The fourth-order valence-corrected chi connectivity index (χ4v) is 3.94. The molecule has 1 amide bonds. The standard InChI is InChI=1S/C25H25N5O3S/c1-30(34(2,32)33)25(31)24(15-18-6-5-7-19(14-18)17-28-27)29-22-12-10-20(11-13-22)23-9-4-3-8-21(23)16-26/h3-14,17,24,29H,15,27H2,1-2H3/t24-/m0/s1. The van der Waals surface area contributed by atoms with Gasteiger partial charge in [0.15, 0.2) is 0 Å². The quantitative estimate of drug-likeness (QED) is 0.293. The van der Waals surface area contributed by atoms with Crippen molar-refractivity contribution in [3.63, 3.8) is 0 Å². The summed E-state index contributed by atoms with van der Waals surface area (Å²) in [6.45, 7) is 0. The Kier molecular flexibility index (Phi) is 7.66. The molecule has 0 aliphatic rings. The van der Waals surface area contributed by atoms with E-state index in [1.165, 1.54) is 13.3 Å². The first kappa shape index (κ1) is 24.5. The van der Waals surface area contributed by atoms with Crippen LogP contribution in [0.3, 0.4) is 0 Å². The number of rotatable bonds is 8. The van der Waals surface area contributed by atoms with Gasteiger partial charge in [0.2, 0.25) is 10.0 Å². The molecular formula is C25H25N5O3S. The van der Waals surface area contributed by atoms with Crippen molar-refractivity contribution in [2.45, 2.75) is 12.5 Å². The van der Waals surface area contributed by atoms with Crippen molar-refractivity contribution in [3.8, 4) is 17.2 Å². The van der Waals surface area contributed by atoms with E-state index < -0.39 is 22.0 Å². The highest BCUT2D eigenvalue weighted by Gasteiger charge is 2.27. The van der Waals surface area contributed by atoms with Gasteiger partial charge in [-0.1, -0.05) is 54.6 Å². The molecule has 1 atom stereocenters. The van der Waals surface area contributed by atoms with Crippen LogP contribution in [0.4, 0.5) is 5.69 Å². The molecular weight excluding hydrogens is 450 g/mol. The van der Waals surface area contributed by atoms with E-state index in [9.17, 15) is 18.5 Å². The van der Waals surface area contributed by atoms with Crippen LogP contribution < -0.4 is 11.2 Å². The van der Waals surface area contributed by atoms with Crippen LogP contribution in [0, 0.1) is 11.3 Å². The Hall–Kier alpha value is -4.16. The van der Waals surface area contributed by atoms with Gasteiger partial charge >= 0.3 is 0 Å². The predicted octanol–water partition coefficient (Wildman–Crippen LogP) is 2.96. The molecule has 3 rings (SSSR count). The number of amides is 1. The number of benzene rings is 3. The summed E-state index contributed by atoms with van der Waals surface area (Å²) < 4.78 is 24.7. The molecule has 3 N–H and O–H groups in total. The molecule has 0 unspecified atom stereocenters. The zero-order valence-corrected chi connectivity index (χ0v) is 19.7. The molecule has 0 spiro atoms. The van der Waals surface area contributed by atoms with Gasteiger partial charge in [-0.05, 0) is 40.5 Å². The summed E-state index contributed by atoms with van der Waals surface area (Å²) in [6, 6.07) is 23.2. The summed E-state index contributed by atoms with van der Waals surface area (Å²) in [5.74, 6) is 4.65. The molecule has 0 saturated carbocycles. The third-order valence-electron chi connectivity index (χ3n) is 5.30.